The summed E-state index contributed by atoms with van der Waals surface area (Å²) in [4.78, 5) is 18.0. The van der Waals surface area contributed by atoms with Crippen LogP contribution in [-0.2, 0) is 5.41 Å². The monoisotopic (exact) mass is 497 g/mol. The molecule has 0 saturated heterocycles. The fraction of sp³-hybridized carbons (Fsp3) is 0.233. The van der Waals surface area contributed by atoms with Gasteiger partial charge in [0.15, 0.2) is 11.5 Å². The number of nitrogens with one attached hydrogen (secondary N) is 1. The fourth-order valence-corrected chi connectivity index (χ4v) is 4.03. The third-order valence-electron chi connectivity index (χ3n) is 6.08. The van der Waals surface area contributed by atoms with Crippen LogP contribution >= 0.6 is 0 Å². The zero-order chi connectivity index (χ0) is 26.6. The Bertz CT molecular complexity index is 1430. The first-order valence-corrected chi connectivity index (χ1v) is 11.9. The van der Waals surface area contributed by atoms with E-state index in [1.54, 1.807) is 45.7 Å². The van der Waals surface area contributed by atoms with E-state index in [-0.39, 0.29) is 11.3 Å². The third-order valence-corrected chi connectivity index (χ3v) is 6.08. The number of ether oxygens (including phenoxy) is 3. The highest BCUT2D eigenvalue weighted by Gasteiger charge is 2.18. The summed E-state index contributed by atoms with van der Waals surface area (Å²) in [5.41, 5.74) is 7.30. The number of hydrazone groups is 1. The van der Waals surface area contributed by atoms with Gasteiger partial charge in [-0.05, 0) is 40.8 Å². The first-order chi connectivity index (χ1) is 17.7. The lowest BCUT2D eigenvalue weighted by Gasteiger charge is -2.18. The Morgan fingerprint density at radius 1 is 0.892 bits per heavy atom. The van der Waals surface area contributed by atoms with E-state index in [2.05, 4.69) is 43.4 Å². The van der Waals surface area contributed by atoms with E-state index in [0.29, 0.717) is 34.0 Å². The van der Waals surface area contributed by atoms with Crippen molar-refractivity contribution in [2.45, 2.75) is 26.2 Å². The normalized spacial score (nSPS) is 11.5. The van der Waals surface area contributed by atoms with Gasteiger partial charge in [-0.1, -0.05) is 63.2 Å². The molecule has 1 N–H and O–H groups in total. The maximum Gasteiger partial charge on any atom is 0.272 e. The number of pyridine rings is 1. The summed E-state index contributed by atoms with van der Waals surface area (Å²) in [7, 11) is 4.67. The lowest BCUT2D eigenvalue weighted by molar-refractivity contribution is 0.0956. The molecule has 1 amide bonds. The number of carbonyl (C=O) groups is 1. The zero-order valence-electron chi connectivity index (χ0n) is 22.0. The van der Waals surface area contributed by atoms with Gasteiger partial charge >= 0.3 is 0 Å². The van der Waals surface area contributed by atoms with E-state index in [4.69, 9.17) is 19.2 Å². The summed E-state index contributed by atoms with van der Waals surface area (Å²) in [6, 6.07) is 21.0. The summed E-state index contributed by atoms with van der Waals surface area (Å²) < 4.78 is 16.4. The standard InChI is InChI=1S/C30H31N3O4/c1-30(2,3)21-13-11-19(12-14-21)18-31-33-29(34)23-17-25(32-24-10-8-7-9-22(23)24)20-15-26(35-4)28(37-6)27(16-20)36-5/h7-18H,1-6H3,(H,33,34)/b31-18-. The molecule has 4 aromatic rings. The van der Waals surface area contributed by atoms with Gasteiger partial charge in [0.25, 0.3) is 5.91 Å². The van der Waals surface area contributed by atoms with Crippen LogP contribution in [0, 0.1) is 0 Å². The Hall–Kier alpha value is -4.39. The second-order valence-electron chi connectivity index (χ2n) is 9.56. The van der Waals surface area contributed by atoms with Gasteiger partial charge in [0.05, 0.1) is 44.3 Å². The predicted octanol–water partition coefficient (Wildman–Crippen LogP) is 5.99. The predicted molar refractivity (Wildman–Crippen MR) is 147 cm³/mol. The first-order valence-electron chi connectivity index (χ1n) is 11.9. The molecule has 7 nitrogen and oxygen atoms in total. The molecule has 0 unspecified atom stereocenters. The van der Waals surface area contributed by atoms with E-state index in [1.807, 2.05) is 36.4 Å². The lowest BCUT2D eigenvalue weighted by Crippen LogP contribution is -2.18. The highest BCUT2D eigenvalue weighted by atomic mass is 16.5. The topological polar surface area (TPSA) is 82.0 Å². The molecule has 0 aliphatic rings. The Morgan fingerprint density at radius 3 is 2.14 bits per heavy atom. The van der Waals surface area contributed by atoms with E-state index in [1.165, 1.54) is 5.56 Å². The molecule has 0 aliphatic carbocycles. The Morgan fingerprint density at radius 2 is 1.54 bits per heavy atom. The van der Waals surface area contributed by atoms with E-state index in [9.17, 15) is 4.79 Å². The van der Waals surface area contributed by atoms with Gasteiger partial charge in [0, 0.05) is 10.9 Å². The summed E-state index contributed by atoms with van der Waals surface area (Å²) >= 11 is 0. The zero-order valence-corrected chi connectivity index (χ0v) is 22.0. The molecule has 0 bridgehead atoms. The van der Waals surface area contributed by atoms with Gasteiger partial charge < -0.3 is 14.2 Å². The molecule has 0 aliphatic heterocycles. The largest absolute Gasteiger partial charge is 0.493 e. The molecule has 0 radical (unpaired) electrons. The summed E-state index contributed by atoms with van der Waals surface area (Å²) in [5.74, 6) is 1.15. The van der Waals surface area contributed by atoms with Crippen molar-refractivity contribution < 1.29 is 19.0 Å². The number of nitrogens with zero attached hydrogens (tertiary/aromatic N) is 2. The minimum Gasteiger partial charge on any atom is -0.493 e. The number of methoxy groups -OCH3 is 3. The number of hydrogen-bond acceptors (Lipinski definition) is 6. The van der Waals surface area contributed by atoms with Gasteiger partial charge in [0.2, 0.25) is 5.75 Å². The average Bonchev–Trinajstić information content (AvgIpc) is 2.91. The van der Waals surface area contributed by atoms with Crippen molar-refractivity contribution in [3.8, 4) is 28.5 Å². The van der Waals surface area contributed by atoms with Crippen LogP contribution < -0.4 is 19.6 Å². The Labute approximate surface area is 217 Å². The number of benzene rings is 3. The van der Waals surface area contributed by atoms with E-state index < -0.39 is 0 Å². The molecule has 0 fully saturated rings. The van der Waals surface area contributed by atoms with Crippen LogP contribution in [0.1, 0.15) is 42.3 Å². The van der Waals surface area contributed by atoms with Crippen LogP contribution in [0.4, 0.5) is 0 Å². The van der Waals surface area contributed by atoms with Crippen LogP contribution in [0.2, 0.25) is 0 Å². The average molecular weight is 498 g/mol. The molecular formula is C30H31N3O4. The molecule has 37 heavy (non-hydrogen) atoms. The third kappa shape index (κ3) is 5.56. The molecule has 3 aromatic carbocycles. The summed E-state index contributed by atoms with van der Waals surface area (Å²) in [5, 5.41) is 4.92. The summed E-state index contributed by atoms with van der Waals surface area (Å²) in [6.07, 6.45) is 1.63. The van der Waals surface area contributed by atoms with E-state index >= 15 is 0 Å². The van der Waals surface area contributed by atoms with Crippen molar-refractivity contribution in [1.29, 1.82) is 0 Å². The van der Waals surface area contributed by atoms with Gasteiger partial charge in [-0.25, -0.2) is 10.4 Å². The summed E-state index contributed by atoms with van der Waals surface area (Å²) in [6.45, 7) is 6.51. The quantitative estimate of drug-likeness (QED) is 0.251. The Balaban J connectivity index is 1.67. The second-order valence-corrected chi connectivity index (χ2v) is 9.56. The molecule has 1 aromatic heterocycles. The van der Waals surface area contributed by atoms with Crippen molar-refractivity contribution in [2.24, 2.45) is 5.10 Å². The maximum absolute atomic E-state index is 13.2. The number of aromatic nitrogens is 1. The molecule has 4 rings (SSSR count). The van der Waals surface area contributed by atoms with Gasteiger partial charge in [-0.15, -0.1) is 0 Å². The fourth-order valence-electron chi connectivity index (χ4n) is 4.03. The molecule has 0 saturated carbocycles. The van der Waals surface area contributed by atoms with Crippen molar-refractivity contribution in [2.75, 3.05) is 21.3 Å². The molecular weight excluding hydrogens is 466 g/mol. The van der Waals surface area contributed by atoms with Crippen LogP contribution in [0.25, 0.3) is 22.2 Å². The number of rotatable bonds is 7. The van der Waals surface area contributed by atoms with Gasteiger partial charge in [-0.2, -0.15) is 5.10 Å². The van der Waals surface area contributed by atoms with Crippen molar-refractivity contribution in [3.63, 3.8) is 0 Å². The van der Waals surface area contributed by atoms with Gasteiger partial charge in [0.1, 0.15) is 0 Å². The number of para-hydroxylation sites is 1. The van der Waals surface area contributed by atoms with Crippen LogP contribution in [0.3, 0.4) is 0 Å². The number of hydrogen-bond donors (Lipinski definition) is 1. The molecule has 1 heterocycles. The Kier molecular flexibility index (Phi) is 7.43. The molecule has 0 spiro atoms. The van der Waals surface area contributed by atoms with Crippen molar-refractivity contribution in [3.05, 3.63) is 83.4 Å². The van der Waals surface area contributed by atoms with Crippen LogP contribution in [0.5, 0.6) is 17.2 Å². The highest BCUT2D eigenvalue weighted by molar-refractivity contribution is 6.07. The minimum absolute atomic E-state index is 0.0713. The molecule has 190 valence electrons. The highest BCUT2D eigenvalue weighted by Crippen LogP contribution is 2.41. The minimum atomic E-state index is -0.338. The molecule has 0 atom stereocenters. The van der Waals surface area contributed by atoms with Crippen LogP contribution in [0.15, 0.2) is 71.8 Å². The van der Waals surface area contributed by atoms with Crippen molar-refractivity contribution >= 4 is 23.0 Å². The second kappa shape index (κ2) is 10.7. The van der Waals surface area contributed by atoms with E-state index in [0.717, 1.165) is 16.5 Å². The smallest absolute Gasteiger partial charge is 0.272 e. The lowest BCUT2D eigenvalue weighted by atomic mass is 9.87. The van der Waals surface area contributed by atoms with Crippen molar-refractivity contribution in [1.82, 2.24) is 10.4 Å². The number of amides is 1. The van der Waals surface area contributed by atoms with Gasteiger partial charge in [-0.3, -0.25) is 4.79 Å². The SMILES string of the molecule is COc1cc(-c2cc(C(=O)N/N=C\c3ccc(C(C)(C)C)cc3)c3ccccc3n2)cc(OC)c1OC. The number of fused-ring (bicyclic) bond motifs is 1. The maximum atomic E-state index is 13.2. The molecule has 7 heteroatoms. The first kappa shape index (κ1) is 25.7. The number of carbonyl (C=O) groups excluding carboxylic acids is 1. The van der Waals surface area contributed by atoms with Crippen LogP contribution in [-0.4, -0.2) is 38.4 Å².